The number of carbonyl (C=O) groups is 1. The number of anilines is 1. The minimum absolute atomic E-state index is 0.168. The topological polar surface area (TPSA) is 96.7 Å². The van der Waals surface area contributed by atoms with Crippen molar-refractivity contribution in [1.82, 2.24) is 15.2 Å². The highest BCUT2D eigenvalue weighted by molar-refractivity contribution is 7.99. The van der Waals surface area contributed by atoms with Gasteiger partial charge >= 0.3 is 0 Å². The van der Waals surface area contributed by atoms with Crippen LogP contribution in [0.2, 0.25) is 0 Å². The number of nitrogens with zero attached hydrogens (tertiary/aromatic N) is 2. The van der Waals surface area contributed by atoms with Gasteiger partial charge in [-0.25, -0.2) is 4.98 Å². The van der Waals surface area contributed by atoms with Crippen LogP contribution in [-0.4, -0.2) is 27.1 Å². The Labute approximate surface area is 115 Å². The lowest BCUT2D eigenvalue weighted by molar-refractivity contribution is -0.117. The van der Waals surface area contributed by atoms with Gasteiger partial charge in [-0.05, 0) is 30.7 Å². The molecule has 0 aliphatic carbocycles. The molecular weight excluding hydrogens is 262 g/mol. The van der Waals surface area contributed by atoms with E-state index in [9.17, 15) is 4.79 Å². The van der Waals surface area contributed by atoms with Gasteiger partial charge in [0.05, 0.1) is 6.04 Å². The molecule has 1 atom stereocenters. The summed E-state index contributed by atoms with van der Waals surface area (Å²) < 4.78 is 0. The predicted molar refractivity (Wildman–Crippen MR) is 73.8 cm³/mol. The number of amides is 1. The molecule has 19 heavy (non-hydrogen) atoms. The summed E-state index contributed by atoms with van der Waals surface area (Å²) in [6, 6.07) is 7.00. The van der Waals surface area contributed by atoms with Crippen molar-refractivity contribution in [3.8, 4) is 0 Å². The molecule has 4 N–H and O–H groups in total. The molecule has 6 nitrogen and oxygen atoms in total. The van der Waals surface area contributed by atoms with E-state index in [0.29, 0.717) is 6.42 Å². The lowest BCUT2D eigenvalue weighted by Gasteiger charge is -2.10. The van der Waals surface area contributed by atoms with Crippen molar-refractivity contribution in [2.75, 3.05) is 5.32 Å². The fourth-order valence-corrected chi connectivity index (χ4v) is 2.08. The number of carbonyl (C=O) groups excluding carboxylic acids is 1. The van der Waals surface area contributed by atoms with Crippen LogP contribution in [0.3, 0.4) is 0 Å². The van der Waals surface area contributed by atoms with E-state index >= 15 is 0 Å². The Morgan fingerprint density at radius 2 is 2.21 bits per heavy atom. The van der Waals surface area contributed by atoms with Crippen LogP contribution < -0.4 is 11.1 Å². The van der Waals surface area contributed by atoms with Crippen LogP contribution in [-0.2, 0) is 4.79 Å². The zero-order valence-electron chi connectivity index (χ0n) is 10.5. The van der Waals surface area contributed by atoms with Gasteiger partial charge in [-0.15, -0.1) is 0 Å². The van der Waals surface area contributed by atoms with E-state index in [1.54, 1.807) is 0 Å². The number of aromatic amines is 1. The second-order valence-corrected chi connectivity index (χ2v) is 4.98. The van der Waals surface area contributed by atoms with Gasteiger partial charge in [-0.1, -0.05) is 18.7 Å². The first kappa shape index (κ1) is 13.6. The Bertz CT molecular complexity index is 526. The maximum absolute atomic E-state index is 11.6. The average molecular weight is 277 g/mol. The van der Waals surface area contributed by atoms with E-state index in [4.69, 9.17) is 5.73 Å². The van der Waals surface area contributed by atoms with Crippen molar-refractivity contribution < 1.29 is 4.79 Å². The Kier molecular flexibility index (Phi) is 4.53. The van der Waals surface area contributed by atoms with E-state index < -0.39 is 6.04 Å². The highest BCUT2D eigenvalue weighted by Crippen LogP contribution is 2.25. The fraction of sp³-hybridized carbons (Fsp3) is 0.250. The Hall–Kier alpha value is -1.86. The van der Waals surface area contributed by atoms with Crippen LogP contribution in [0.1, 0.15) is 13.3 Å². The molecule has 0 saturated carbocycles. The maximum atomic E-state index is 11.6. The van der Waals surface area contributed by atoms with Gasteiger partial charge in [0.1, 0.15) is 6.33 Å². The van der Waals surface area contributed by atoms with Crippen molar-refractivity contribution >= 4 is 23.4 Å². The summed E-state index contributed by atoms with van der Waals surface area (Å²) in [6.07, 6.45) is 2.08. The highest BCUT2D eigenvalue weighted by atomic mass is 32.2. The normalized spacial score (nSPS) is 12.1. The molecule has 1 aromatic heterocycles. The molecule has 2 aromatic rings. The molecule has 0 saturated heterocycles. The van der Waals surface area contributed by atoms with Gasteiger partial charge < -0.3 is 11.1 Å². The van der Waals surface area contributed by atoms with E-state index in [0.717, 1.165) is 15.7 Å². The molecule has 1 heterocycles. The SMILES string of the molecule is CCC(N)C(=O)Nc1ccc(Sc2ncn[nH]2)cc1. The van der Waals surface area contributed by atoms with E-state index in [-0.39, 0.29) is 5.91 Å². The molecule has 1 aromatic carbocycles. The van der Waals surface area contributed by atoms with Gasteiger partial charge in [0.2, 0.25) is 5.91 Å². The largest absolute Gasteiger partial charge is 0.325 e. The summed E-state index contributed by atoms with van der Waals surface area (Å²) in [5.41, 5.74) is 6.38. The van der Waals surface area contributed by atoms with Crippen molar-refractivity contribution in [2.45, 2.75) is 29.4 Å². The Morgan fingerprint density at radius 3 is 2.79 bits per heavy atom. The van der Waals surface area contributed by atoms with Crippen LogP contribution in [0, 0.1) is 0 Å². The minimum atomic E-state index is -0.469. The summed E-state index contributed by atoms with van der Waals surface area (Å²) in [4.78, 5) is 16.7. The summed E-state index contributed by atoms with van der Waals surface area (Å²) in [5, 5.41) is 10.0. The molecule has 0 aliphatic rings. The lowest BCUT2D eigenvalue weighted by Crippen LogP contribution is -2.34. The van der Waals surface area contributed by atoms with Crippen molar-refractivity contribution in [1.29, 1.82) is 0 Å². The van der Waals surface area contributed by atoms with Crippen LogP contribution in [0.4, 0.5) is 5.69 Å². The monoisotopic (exact) mass is 277 g/mol. The van der Waals surface area contributed by atoms with Crippen LogP contribution in [0.25, 0.3) is 0 Å². The quantitative estimate of drug-likeness (QED) is 0.772. The Balaban J connectivity index is 1.96. The van der Waals surface area contributed by atoms with E-state index in [2.05, 4.69) is 20.5 Å². The summed E-state index contributed by atoms with van der Waals surface area (Å²) in [7, 11) is 0. The van der Waals surface area contributed by atoms with Crippen molar-refractivity contribution in [3.63, 3.8) is 0 Å². The van der Waals surface area contributed by atoms with Crippen LogP contribution in [0.5, 0.6) is 0 Å². The molecule has 100 valence electrons. The van der Waals surface area contributed by atoms with Crippen LogP contribution >= 0.6 is 11.8 Å². The molecule has 0 spiro atoms. The molecular formula is C12H15N5OS. The molecule has 2 rings (SSSR count). The number of nitrogens with two attached hydrogens (primary N) is 1. The molecule has 0 fully saturated rings. The van der Waals surface area contributed by atoms with Crippen molar-refractivity contribution in [3.05, 3.63) is 30.6 Å². The third kappa shape index (κ3) is 3.80. The third-order valence-corrected chi connectivity index (χ3v) is 3.40. The molecule has 0 radical (unpaired) electrons. The van der Waals surface area contributed by atoms with E-state index in [1.165, 1.54) is 18.1 Å². The van der Waals surface area contributed by atoms with Crippen LogP contribution in [0.15, 0.2) is 40.6 Å². The number of aromatic nitrogens is 3. The number of rotatable bonds is 5. The maximum Gasteiger partial charge on any atom is 0.241 e. The Morgan fingerprint density at radius 1 is 1.47 bits per heavy atom. The average Bonchev–Trinajstić information content (AvgIpc) is 2.93. The first-order valence-electron chi connectivity index (χ1n) is 5.88. The second-order valence-electron chi connectivity index (χ2n) is 3.92. The number of hydrogen-bond acceptors (Lipinski definition) is 5. The summed E-state index contributed by atoms with van der Waals surface area (Å²) in [6.45, 7) is 1.88. The molecule has 0 aliphatic heterocycles. The molecule has 1 amide bonds. The number of benzene rings is 1. The molecule has 0 bridgehead atoms. The third-order valence-electron chi connectivity index (χ3n) is 2.51. The minimum Gasteiger partial charge on any atom is -0.325 e. The lowest BCUT2D eigenvalue weighted by atomic mass is 10.2. The first-order chi connectivity index (χ1) is 9.19. The summed E-state index contributed by atoms with van der Waals surface area (Å²) >= 11 is 1.47. The fourth-order valence-electron chi connectivity index (χ4n) is 1.38. The number of nitrogens with one attached hydrogen (secondary N) is 2. The highest BCUT2D eigenvalue weighted by Gasteiger charge is 2.10. The van der Waals surface area contributed by atoms with Gasteiger partial charge in [0.25, 0.3) is 0 Å². The van der Waals surface area contributed by atoms with Gasteiger partial charge in [0, 0.05) is 10.6 Å². The number of H-pyrrole nitrogens is 1. The smallest absolute Gasteiger partial charge is 0.241 e. The molecule has 7 heteroatoms. The number of hydrogen-bond donors (Lipinski definition) is 3. The van der Waals surface area contributed by atoms with Gasteiger partial charge in [0.15, 0.2) is 5.16 Å². The zero-order valence-corrected chi connectivity index (χ0v) is 11.3. The molecule has 1 unspecified atom stereocenters. The second kappa shape index (κ2) is 6.35. The van der Waals surface area contributed by atoms with Gasteiger partial charge in [-0.3, -0.25) is 9.89 Å². The zero-order chi connectivity index (χ0) is 13.7. The summed E-state index contributed by atoms with van der Waals surface area (Å²) in [5.74, 6) is -0.168. The van der Waals surface area contributed by atoms with Crippen molar-refractivity contribution in [2.24, 2.45) is 5.73 Å². The standard InChI is InChI=1S/C12H15N5OS/c1-2-10(13)11(18)16-8-3-5-9(6-4-8)19-12-14-7-15-17-12/h3-7,10H,2,13H2,1H3,(H,16,18)(H,14,15,17). The van der Waals surface area contributed by atoms with Gasteiger partial charge in [-0.2, -0.15) is 5.10 Å². The predicted octanol–water partition coefficient (Wildman–Crippen LogP) is 1.63. The first-order valence-corrected chi connectivity index (χ1v) is 6.70. The van der Waals surface area contributed by atoms with E-state index in [1.807, 2.05) is 31.2 Å².